The molecule has 3 rings (SSSR count). The van der Waals surface area contributed by atoms with Gasteiger partial charge in [-0.15, -0.1) is 0 Å². The molecule has 0 aromatic heterocycles. The average Bonchev–Trinajstić information content (AvgIpc) is 3.12. The molecule has 0 saturated carbocycles. The van der Waals surface area contributed by atoms with Crippen molar-refractivity contribution in [3.8, 4) is 11.1 Å². The SMILES string of the molecule is COCC(C)(NC(=O)C(CNC(=O)OCC1c2ccccc2-c2ccccc21)OC)C(=O)O. The van der Waals surface area contributed by atoms with Crippen LogP contribution in [0.3, 0.4) is 0 Å². The molecule has 0 heterocycles. The van der Waals surface area contributed by atoms with Crippen molar-refractivity contribution in [2.24, 2.45) is 0 Å². The summed E-state index contributed by atoms with van der Waals surface area (Å²) in [7, 11) is 2.62. The van der Waals surface area contributed by atoms with Crippen LogP contribution in [0.4, 0.5) is 4.79 Å². The number of carboxylic acids is 1. The molecule has 0 fully saturated rings. The Bertz CT molecular complexity index is 980. The monoisotopic (exact) mass is 456 g/mol. The third kappa shape index (κ3) is 5.32. The van der Waals surface area contributed by atoms with Crippen LogP contribution in [0.2, 0.25) is 0 Å². The standard InChI is InChI=1S/C24H28N2O7/c1-24(14-31-2,22(28)29)26-21(27)20(32-3)12-25-23(30)33-13-19-17-10-6-4-8-15(17)16-9-5-7-11-18(16)19/h4-11,19-20H,12-14H2,1-3H3,(H,25,30)(H,26,27)(H,28,29). The number of carbonyl (C=O) groups is 3. The van der Waals surface area contributed by atoms with Gasteiger partial charge in [-0.3, -0.25) is 4.79 Å². The number of hydrogen-bond donors (Lipinski definition) is 3. The number of benzene rings is 2. The Labute approximate surface area is 192 Å². The van der Waals surface area contributed by atoms with E-state index in [1.165, 1.54) is 21.1 Å². The Morgan fingerprint density at radius 1 is 1.03 bits per heavy atom. The molecular formula is C24H28N2O7. The average molecular weight is 456 g/mol. The molecule has 0 radical (unpaired) electrons. The van der Waals surface area contributed by atoms with Crippen molar-refractivity contribution in [2.45, 2.75) is 24.5 Å². The number of amides is 2. The maximum absolute atomic E-state index is 12.5. The summed E-state index contributed by atoms with van der Waals surface area (Å²) in [4.78, 5) is 36.3. The second kappa shape index (κ2) is 10.5. The molecule has 2 atom stereocenters. The van der Waals surface area contributed by atoms with Gasteiger partial charge >= 0.3 is 12.1 Å². The summed E-state index contributed by atoms with van der Waals surface area (Å²) in [6, 6.07) is 16.0. The molecule has 2 unspecified atom stereocenters. The van der Waals surface area contributed by atoms with Gasteiger partial charge < -0.3 is 30.0 Å². The molecule has 2 aromatic carbocycles. The molecule has 3 N–H and O–H groups in total. The van der Waals surface area contributed by atoms with Crippen LogP contribution in [-0.2, 0) is 23.8 Å². The zero-order valence-corrected chi connectivity index (χ0v) is 18.8. The van der Waals surface area contributed by atoms with Crippen LogP contribution < -0.4 is 10.6 Å². The van der Waals surface area contributed by atoms with Crippen molar-refractivity contribution in [1.82, 2.24) is 10.6 Å². The quantitative estimate of drug-likeness (QED) is 0.501. The van der Waals surface area contributed by atoms with Gasteiger partial charge in [0.25, 0.3) is 5.91 Å². The first-order chi connectivity index (χ1) is 15.8. The van der Waals surface area contributed by atoms with Crippen LogP contribution in [-0.4, -0.2) is 68.7 Å². The Morgan fingerprint density at radius 3 is 2.12 bits per heavy atom. The van der Waals surface area contributed by atoms with Crippen LogP contribution in [0, 0.1) is 0 Å². The Kier molecular flexibility index (Phi) is 7.67. The van der Waals surface area contributed by atoms with Crippen molar-refractivity contribution in [3.05, 3.63) is 59.7 Å². The van der Waals surface area contributed by atoms with Gasteiger partial charge in [-0.05, 0) is 29.2 Å². The summed E-state index contributed by atoms with van der Waals surface area (Å²) < 4.78 is 15.4. The number of alkyl carbamates (subject to hydrolysis) is 1. The number of methoxy groups -OCH3 is 2. The first-order valence-electron chi connectivity index (χ1n) is 10.5. The molecule has 0 aliphatic heterocycles. The van der Waals surface area contributed by atoms with E-state index in [1.54, 1.807) is 0 Å². The lowest BCUT2D eigenvalue weighted by molar-refractivity contribution is -0.151. The van der Waals surface area contributed by atoms with Gasteiger partial charge in [0.1, 0.15) is 6.61 Å². The van der Waals surface area contributed by atoms with E-state index < -0.39 is 29.6 Å². The molecule has 2 amide bonds. The third-order valence-corrected chi connectivity index (χ3v) is 5.66. The number of aliphatic carboxylic acids is 1. The molecule has 0 spiro atoms. The van der Waals surface area contributed by atoms with Crippen molar-refractivity contribution in [2.75, 3.05) is 34.0 Å². The zero-order chi connectivity index (χ0) is 24.0. The van der Waals surface area contributed by atoms with E-state index in [9.17, 15) is 19.5 Å². The lowest BCUT2D eigenvalue weighted by atomic mass is 9.98. The van der Waals surface area contributed by atoms with Crippen molar-refractivity contribution < 1.29 is 33.7 Å². The number of nitrogens with one attached hydrogen (secondary N) is 2. The molecule has 0 bridgehead atoms. The van der Waals surface area contributed by atoms with E-state index in [4.69, 9.17) is 14.2 Å². The molecule has 2 aromatic rings. The smallest absolute Gasteiger partial charge is 0.407 e. The van der Waals surface area contributed by atoms with Crippen LogP contribution in [0.1, 0.15) is 24.0 Å². The predicted octanol–water partition coefficient (Wildman–Crippen LogP) is 2.15. The van der Waals surface area contributed by atoms with Gasteiger partial charge in [-0.1, -0.05) is 48.5 Å². The van der Waals surface area contributed by atoms with E-state index in [0.29, 0.717) is 0 Å². The summed E-state index contributed by atoms with van der Waals surface area (Å²) in [5, 5.41) is 14.3. The second-order valence-electron chi connectivity index (χ2n) is 7.99. The van der Waals surface area contributed by atoms with E-state index in [-0.39, 0.29) is 25.7 Å². The normalized spacial score (nSPS) is 15.0. The number of carboxylic acid groups (broad SMARTS) is 1. The lowest BCUT2D eigenvalue weighted by Gasteiger charge is -2.27. The summed E-state index contributed by atoms with van der Waals surface area (Å²) in [5.41, 5.74) is 2.79. The minimum atomic E-state index is -1.63. The topological polar surface area (TPSA) is 123 Å². The van der Waals surface area contributed by atoms with Crippen molar-refractivity contribution in [1.29, 1.82) is 0 Å². The number of carbonyl (C=O) groups excluding carboxylic acids is 2. The Hall–Kier alpha value is -3.43. The fourth-order valence-corrected chi connectivity index (χ4v) is 3.90. The summed E-state index contributed by atoms with van der Waals surface area (Å²) >= 11 is 0. The number of fused-ring (bicyclic) bond motifs is 3. The molecule has 1 aliphatic carbocycles. The van der Waals surface area contributed by atoms with E-state index in [0.717, 1.165) is 22.3 Å². The number of ether oxygens (including phenoxy) is 3. The van der Waals surface area contributed by atoms with Crippen molar-refractivity contribution in [3.63, 3.8) is 0 Å². The minimum Gasteiger partial charge on any atom is -0.479 e. The predicted molar refractivity (Wildman–Crippen MR) is 120 cm³/mol. The Balaban J connectivity index is 1.57. The summed E-state index contributed by atoms with van der Waals surface area (Å²) in [5.74, 6) is -2.04. The van der Waals surface area contributed by atoms with Gasteiger partial charge in [0.2, 0.25) is 0 Å². The first-order valence-corrected chi connectivity index (χ1v) is 10.5. The van der Waals surface area contributed by atoms with E-state index in [1.807, 2.05) is 48.5 Å². The Morgan fingerprint density at radius 2 is 1.61 bits per heavy atom. The molecule has 9 nitrogen and oxygen atoms in total. The largest absolute Gasteiger partial charge is 0.479 e. The minimum absolute atomic E-state index is 0.0880. The number of hydrogen-bond acceptors (Lipinski definition) is 6. The summed E-state index contributed by atoms with van der Waals surface area (Å²) in [6.07, 6.45) is -1.81. The van der Waals surface area contributed by atoms with E-state index >= 15 is 0 Å². The van der Waals surface area contributed by atoms with Crippen LogP contribution >= 0.6 is 0 Å². The molecule has 176 valence electrons. The fourth-order valence-electron chi connectivity index (χ4n) is 3.90. The number of rotatable bonds is 10. The molecule has 1 aliphatic rings. The van der Waals surface area contributed by atoms with Crippen molar-refractivity contribution >= 4 is 18.0 Å². The van der Waals surface area contributed by atoms with Gasteiger partial charge in [-0.2, -0.15) is 0 Å². The second-order valence-corrected chi connectivity index (χ2v) is 7.99. The summed E-state index contributed by atoms with van der Waals surface area (Å²) in [6.45, 7) is 1.03. The zero-order valence-electron chi connectivity index (χ0n) is 18.8. The highest BCUT2D eigenvalue weighted by atomic mass is 16.5. The molecule has 33 heavy (non-hydrogen) atoms. The lowest BCUT2D eigenvalue weighted by Crippen LogP contribution is -2.59. The van der Waals surface area contributed by atoms with Gasteiger partial charge in [-0.25, -0.2) is 9.59 Å². The third-order valence-electron chi connectivity index (χ3n) is 5.66. The highest BCUT2D eigenvalue weighted by Crippen LogP contribution is 2.44. The fraction of sp³-hybridized carbons (Fsp3) is 0.375. The maximum atomic E-state index is 12.5. The highest BCUT2D eigenvalue weighted by molar-refractivity contribution is 5.89. The maximum Gasteiger partial charge on any atom is 0.407 e. The highest BCUT2D eigenvalue weighted by Gasteiger charge is 2.37. The van der Waals surface area contributed by atoms with Gasteiger partial charge in [0.05, 0.1) is 13.2 Å². The van der Waals surface area contributed by atoms with Gasteiger partial charge in [0.15, 0.2) is 11.6 Å². The van der Waals surface area contributed by atoms with Crippen LogP contribution in [0.5, 0.6) is 0 Å². The first kappa shape index (κ1) is 24.2. The van der Waals surface area contributed by atoms with Crippen LogP contribution in [0.25, 0.3) is 11.1 Å². The van der Waals surface area contributed by atoms with Crippen LogP contribution in [0.15, 0.2) is 48.5 Å². The molecule has 0 saturated heterocycles. The van der Waals surface area contributed by atoms with Gasteiger partial charge in [0, 0.05) is 20.1 Å². The molecule has 9 heteroatoms. The van der Waals surface area contributed by atoms with E-state index in [2.05, 4.69) is 10.6 Å². The molecular weight excluding hydrogens is 428 g/mol.